The Kier molecular flexibility index (Phi) is 4.51. The number of carboxylic acid groups (broad SMARTS) is 1. The molecule has 1 unspecified atom stereocenters. The van der Waals surface area contributed by atoms with Gasteiger partial charge >= 0.3 is 11.9 Å². The molecule has 102 valence electrons. The lowest BCUT2D eigenvalue weighted by molar-refractivity contribution is -0.873. The number of hydrogen-bond acceptors (Lipinski definition) is 3. The van der Waals surface area contributed by atoms with E-state index in [0.29, 0.717) is 17.4 Å². The van der Waals surface area contributed by atoms with Crippen molar-refractivity contribution in [1.82, 2.24) is 0 Å². The largest absolute Gasteiger partial charge is 0.481 e. The van der Waals surface area contributed by atoms with Crippen LogP contribution in [0.25, 0.3) is 0 Å². The van der Waals surface area contributed by atoms with Crippen molar-refractivity contribution >= 4 is 11.9 Å². The Labute approximate surface area is 108 Å². The summed E-state index contributed by atoms with van der Waals surface area (Å²) in [6.45, 7) is 4.27. The van der Waals surface area contributed by atoms with Crippen LogP contribution in [0.3, 0.4) is 0 Å². The highest BCUT2D eigenvalue weighted by molar-refractivity contribution is 5.72. The molecular weight excluding hydrogens is 234 g/mol. The van der Waals surface area contributed by atoms with Crippen molar-refractivity contribution in [3.8, 4) is 0 Å². The van der Waals surface area contributed by atoms with Crippen LogP contribution in [0.5, 0.6) is 0 Å². The van der Waals surface area contributed by atoms with Crippen molar-refractivity contribution in [3.05, 3.63) is 12.2 Å². The number of quaternary nitrogens is 1. The molecule has 1 N–H and O–H groups in total. The Morgan fingerprint density at radius 1 is 1.50 bits per heavy atom. The summed E-state index contributed by atoms with van der Waals surface area (Å²) < 4.78 is 5.82. The Hall–Kier alpha value is -1.36. The van der Waals surface area contributed by atoms with Crippen LogP contribution in [0.15, 0.2) is 12.2 Å². The molecule has 18 heavy (non-hydrogen) atoms. The minimum absolute atomic E-state index is 0.146. The molecule has 0 saturated heterocycles. The van der Waals surface area contributed by atoms with E-state index in [1.807, 2.05) is 21.1 Å². The van der Waals surface area contributed by atoms with Crippen molar-refractivity contribution in [2.45, 2.75) is 25.4 Å². The van der Waals surface area contributed by atoms with Gasteiger partial charge in [0.1, 0.15) is 6.54 Å². The van der Waals surface area contributed by atoms with Gasteiger partial charge in [-0.1, -0.05) is 12.2 Å². The SMILES string of the molecule is C=C1CC1CC(=O)O[C@@H](CC(=O)O)C[N+](C)(C)C. The minimum atomic E-state index is -0.947. The van der Waals surface area contributed by atoms with Crippen molar-refractivity contribution in [2.75, 3.05) is 27.7 Å². The van der Waals surface area contributed by atoms with Crippen molar-refractivity contribution in [3.63, 3.8) is 0 Å². The fourth-order valence-corrected chi connectivity index (χ4v) is 1.86. The monoisotopic (exact) mass is 256 g/mol. The van der Waals surface area contributed by atoms with E-state index in [4.69, 9.17) is 9.84 Å². The normalized spacial score (nSPS) is 20.4. The molecular formula is C13H22NO4+. The van der Waals surface area contributed by atoms with Gasteiger partial charge in [0, 0.05) is 0 Å². The van der Waals surface area contributed by atoms with Crippen LogP contribution in [0.4, 0.5) is 0 Å². The van der Waals surface area contributed by atoms with Crippen LogP contribution in [-0.2, 0) is 14.3 Å². The number of carbonyl (C=O) groups excluding carboxylic acids is 1. The van der Waals surface area contributed by atoms with Crippen LogP contribution in [0.1, 0.15) is 19.3 Å². The van der Waals surface area contributed by atoms with Gasteiger partial charge in [0.25, 0.3) is 0 Å². The van der Waals surface area contributed by atoms with Crippen LogP contribution < -0.4 is 0 Å². The molecule has 0 aliphatic heterocycles. The van der Waals surface area contributed by atoms with Crippen molar-refractivity contribution in [2.24, 2.45) is 5.92 Å². The highest BCUT2D eigenvalue weighted by Crippen LogP contribution is 2.38. The lowest BCUT2D eigenvalue weighted by atomic mass is 10.2. The van der Waals surface area contributed by atoms with E-state index in [2.05, 4.69) is 6.58 Å². The maximum absolute atomic E-state index is 11.7. The fourth-order valence-electron chi connectivity index (χ4n) is 1.86. The number of carbonyl (C=O) groups is 2. The highest BCUT2D eigenvalue weighted by atomic mass is 16.5. The number of aliphatic carboxylic acids is 1. The van der Waals surface area contributed by atoms with Gasteiger partial charge < -0.3 is 14.3 Å². The molecule has 0 aromatic heterocycles. The van der Waals surface area contributed by atoms with E-state index < -0.39 is 12.1 Å². The maximum Gasteiger partial charge on any atom is 0.307 e. The van der Waals surface area contributed by atoms with Gasteiger partial charge in [-0.05, 0) is 12.3 Å². The zero-order chi connectivity index (χ0) is 13.9. The van der Waals surface area contributed by atoms with Crippen LogP contribution in [0, 0.1) is 5.92 Å². The van der Waals surface area contributed by atoms with E-state index in [9.17, 15) is 9.59 Å². The first kappa shape index (κ1) is 14.7. The number of rotatable bonds is 7. The van der Waals surface area contributed by atoms with Crippen molar-refractivity contribution in [1.29, 1.82) is 0 Å². The topological polar surface area (TPSA) is 63.6 Å². The summed E-state index contributed by atoms with van der Waals surface area (Å²) >= 11 is 0. The zero-order valence-electron chi connectivity index (χ0n) is 11.3. The third-order valence-corrected chi connectivity index (χ3v) is 2.79. The third-order valence-electron chi connectivity index (χ3n) is 2.79. The first-order valence-electron chi connectivity index (χ1n) is 6.07. The molecule has 1 aliphatic rings. The molecule has 1 rings (SSSR count). The molecule has 1 saturated carbocycles. The number of nitrogens with zero attached hydrogens (tertiary/aromatic N) is 1. The van der Waals surface area contributed by atoms with Gasteiger partial charge in [0.15, 0.2) is 6.10 Å². The van der Waals surface area contributed by atoms with E-state index in [0.717, 1.165) is 12.0 Å². The molecule has 1 fully saturated rings. The summed E-state index contributed by atoms with van der Waals surface area (Å²) in [5.74, 6) is -1.03. The number of ether oxygens (including phenoxy) is 1. The van der Waals surface area contributed by atoms with Gasteiger partial charge in [-0.25, -0.2) is 0 Å². The minimum Gasteiger partial charge on any atom is -0.481 e. The second kappa shape index (κ2) is 5.52. The number of esters is 1. The summed E-state index contributed by atoms with van der Waals surface area (Å²) in [5.41, 5.74) is 1.08. The first-order chi connectivity index (χ1) is 8.17. The number of allylic oxidation sites excluding steroid dienone is 1. The summed E-state index contributed by atoms with van der Waals surface area (Å²) in [7, 11) is 5.81. The summed E-state index contributed by atoms with van der Waals surface area (Å²) in [5, 5.41) is 8.82. The van der Waals surface area contributed by atoms with E-state index >= 15 is 0 Å². The Morgan fingerprint density at radius 3 is 2.44 bits per heavy atom. The Balaban J connectivity index is 2.46. The Morgan fingerprint density at radius 2 is 2.06 bits per heavy atom. The molecule has 1 aliphatic carbocycles. The Bertz CT molecular complexity index is 356. The molecule has 0 radical (unpaired) electrons. The molecule has 0 aromatic rings. The maximum atomic E-state index is 11.7. The molecule has 5 heteroatoms. The quantitative estimate of drug-likeness (QED) is 0.420. The fraction of sp³-hybridized carbons (Fsp3) is 0.692. The number of carboxylic acids is 1. The zero-order valence-corrected chi connectivity index (χ0v) is 11.3. The smallest absolute Gasteiger partial charge is 0.307 e. The molecule has 0 aromatic carbocycles. The van der Waals surface area contributed by atoms with E-state index in [-0.39, 0.29) is 18.3 Å². The van der Waals surface area contributed by atoms with Gasteiger partial charge in [0.2, 0.25) is 0 Å². The van der Waals surface area contributed by atoms with E-state index in [1.165, 1.54) is 0 Å². The molecule has 0 bridgehead atoms. The van der Waals surface area contributed by atoms with Gasteiger partial charge in [-0.15, -0.1) is 0 Å². The van der Waals surface area contributed by atoms with E-state index in [1.54, 1.807) is 0 Å². The van der Waals surface area contributed by atoms with Crippen LogP contribution in [0.2, 0.25) is 0 Å². The number of hydrogen-bond donors (Lipinski definition) is 1. The summed E-state index contributed by atoms with van der Waals surface area (Å²) in [6.07, 6.45) is 0.495. The van der Waals surface area contributed by atoms with Crippen molar-refractivity contribution < 1.29 is 23.9 Å². The molecule has 2 atom stereocenters. The molecule has 5 nitrogen and oxygen atoms in total. The van der Waals surface area contributed by atoms with Crippen LogP contribution >= 0.6 is 0 Å². The average molecular weight is 256 g/mol. The van der Waals surface area contributed by atoms with Gasteiger partial charge in [-0.3, -0.25) is 9.59 Å². The number of likely N-dealkylation sites (N-methyl/N-ethyl adjacent to an activating group) is 1. The molecule has 0 heterocycles. The first-order valence-corrected chi connectivity index (χ1v) is 6.07. The van der Waals surface area contributed by atoms with Gasteiger partial charge in [0.05, 0.1) is 34.0 Å². The lowest BCUT2D eigenvalue weighted by Gasteiger charge is -2.28. The predicted molar refractivity (Wildman–Crippen MR) is 66.9 cm³/mol. The van der Waals surface area contributed by atoms with Gasteiger partial charge in [-0.2, -0.15) is 0 Å². The highest BCUT2D eigenvalue weighted by Gasteiger charge is 2.32. The third kappa shape index (κ3) is 5.82. The lowest BCUT2D eigenvalue weighted by Crippen LogP contribution is -2.43. The average Bonchev–Trinajstić information content (AvgIpc) is 2.75. The molecule has 0 amide bonds. The van der Waals surface area contributed by atoms with Crippen LogP contribution in [-0.4, -0.2) is 55.3 Å². The second-order valence-corrected chi connectivity index (χ2v) is 5.95. The summed E-state index contributed by atoms with van der Waals surface area (Å²) in [4.78, 5) is 22.4. The second-order valence-electron chi connectivity index (χ2n) is 5.95. The summed E-state index contributed by atoms with van der Waals surface area (Å²) in [6, 6.07) is 0. The standard InChI is InChI=1S/C13H21NO4/c1-9-5-10(9)6-13(17)18-11(7-12(15)16)8-14(2,3)4/h10-11H,1,5-8H2,2-4H3/p+1/t10?,11-/m0/s1. The predicted octanol–water partition coefficient (Wildman–Crippen LogP) is 1.05. The molecule has 0 spiro atoms.